The Morgan fingerprint density at radius 2 is 1.67 bits per heavy atom. The van der Waals surface area contributed by atoms with Gasteiger partial charge in [-0.25, -0.2) is 0 Å². The Morgan fingerprint density at radius 1 is 1.08 bits per heavy atom. The predicted molar refractivity (Wildman–Crippen MR) is 59.8 cm³/mol. The van der Waals surface area contributed by atoms with Gasteiger partial charge in [-0.1, -0.05) is 52.6 Å². The van der Waals surface area contributed by atoms with Crippen LogP contribution in [0.2, 0.25) is 0 Å². The van der Waals surface area contributed by atoms with Gasteiger partial charge in [-0.2, -0.15) is 0 Å². The van der Waals surface area contributed by atoms with E-state index in [1.165, 1.54) is 19.3 Å². The zero-order valence-electron chi connectivity index (χ0n) is 7.95. The molecule has 0 aromatic carbocycles. The Bertz CT molecular complexity index is 220. The van der Waals surface area contributed by atoms with Crippen LogP contribution >= 0.6 is 31.9 Å². The lowest BCUT2D eigenvalue weighted by Crippen LogP contribution is -2.20. The maximum absolute atomic E-state index is 3.80. The van der Waals surface area contributed by atoms with Crippen LogP contribution in [0.15, 0.2) is 0 Å². The van der Waals surface area contributed by atoms with Gasteiger partial charge >= 0.3 is 0 Å². The van der Waals surface area contributed by atoms with Crippen molar-refractivity contribution in [3.05, 3.63) is 0 Å². The van der Waals surface area contributed by atoms with Crippen molar-refractivity contribution in [2.45, 2.75) is 43.3 Å². The molecule has 0 aromatic heterocycles. The molecule has 2 aliphatic carbocycles. The maximum atomic E-state index is 3.80. The Morgan fingerprint density at radius 3 is 2.08 bits per heavy atom. The van der Waals surface area contributed by atoms with E-state index in [1.807, 2.05) is 0 Å². The molecular formula is C10H16Br2. The summed E-state index contributed by atoms with van der Waals surface area (Å²) in [5.41, 5.74) is 1.09. The average molecular weight is 296 g/mol. The minimum Gasteiger partial charge on any atom is -0.0718 e. The predicted octanol–water partition coefficient (Wildman–Crippen LogP) is 4.32. The molecule has 2 fully saturated rings. The molecule has 2 heteroatoms. The van der Waals surface area contributed by atoms with Crippen LogP contribution in [-0.4, -0.2) is 3.23 Å². The van der Waals surface area contributed by atoms with E-state index in [1.54, 1.807) is 0 Å². The third-order valence-corrected chi connectivity index (χ3v) is 6.88. The summed E-state index contributed by atoms with van der Waals surface area (Å²) in [5.74, 6) is 0.841. The highest BCUT2D eigenvalue weighted by Crippen LogP contribution is 2.78. The molecule has 0 nitrogen and oxygen atoms in total. The molecule has 70 valence electrons. The van der Waals surface area contributed by atoms with Gasteiger partial charge in [0.2, 0.25) is 0 Å². The third kappa shape index (κ3) is 1.06. The maximum Gasteiger partial charge on any atom is 0.0896 e. The van der Waals surface area contributed by atoms with Crippen LogP contribution in [-0.2, 0) is 0 Å². The fourth-order valence-corrected chi connectivity index (χ4v) is 4.68. The van der Waals surface area contributed by atoms with Crippen LogP contribution in [0.25, 0.3) is 0 Å². The van der Waals surface area contributed by atoms with Gasteiger partial charge < -0.3 is 0 Å². The van der Waals surface area contributed by atoms with Gasteiger partial charge in [-0.15, -0.1) is 0 Å². The minimum atomic E-state index is 0.265. The molecule has 0 spiro atoms. The highest BCUT2D eigenvalue weighted by atomic mass is 79.9. The number of alkyl halides is 2. The van der Waals surface area contributed by atoms with E-state index < -0.39 is 0 Å². The molecule has 2 rings (SSSR count). The van der Waals surface area contributed by atoms with E-state index in [4.69, 9.17) is 0 Å². The first-order chi connectivity index (χ1) is 5.30. The van der Waals surface area contributed by atoms with Crippen LogP contribution in [0.4, 0.5) is 0 Å². The number of halogens is 2. The van der Waals surface area contributed by atoms with Crippen molar-refractivity contribution >= 4 is 31.9 Å². The largest absolute Gasteiger partial charge is 0.0896 e. The summed E-state index contributed by atoms with van der Waals surface area (Å²) in [5, 5.41) is 0. The quantitative estimate of drug-likeness (QED) is 0.584. The fourth-order valence-electron chi connectivity index (χ4n) is 2.62. The van der Waals surface area contributed by atoms with Gasteiger partial charge in [0.25, 0.3) is 0 Å². The zero-order chi connectivity index (χ0) is 9.20. The summed E-state index contributed by atoms with van der Waals surface area (Å²) in [7, 11) is 0. The highest BCUT2D eigenvalue weighted by Gasteiger charge is 2.73. The smallest absolute Gasteiger partial charge is 0.0718 e. The Hall–Kier alpha value is 0.960. The van der Waals surface area contributed by atoms with Crippen molar-refractivity contribution in [1.29, 1.82) is 0 Å². The van der Waals surface area contributed by atoms with E-state index in [-0.39, 0.29) is 3.23 Å². The van der Waals surface area contributed by atoms with Crippen molar-refractivity contribution in [3.63, 3.8) is 0 Å². The summed E-state index contributed by atoms with van der Waals surface area (Å²) in [4.78, 5) is 0. The van der Waals surface area contributed by atoms with Gasteiger partial charge in [0, 0.05) is 0 Å². The number of fused-ring (bicyclic) bond motifs is 1. The lowest BCUT2D eigenvalue weighted by molar-refractivity contribution is 0.193. The van der Waals surface area contributed by atoms with E-state index in [0.29, 0.717) is 10.8 Å². The monoisotopic (exact) mass is 294 g/mol. The minimum absolute atomic E-state index is 0.265. The molecule has 0 heterocycles. The molecule has 2 aliphatic rings. The normalized spacial score (nSPS) is 48.2. The van der Waals surface area contributed by atoms with Crippen molar-refractivity contribution in [2.24, 2.45) is 16.7 Å². The topological polar surface area (TPSA) is 0 Å². The van der Waals surface area contributed by atoms with Gasteiger partial charge in [0.1, 0.15) is 0 Å². The van der Waals surface area contributed by atoms with E-state index in [2.05, 4.69) is 52.6 Å². The molecule has 0 aliphatic heterocycles. The second kappa shape index (κ2) is 2.31. The summed E-state index contributed by atoms with van der Waals surface area (Å²) in [6.45, 7) is 7.18. The highest BCUT2D eigenvalue weighted by molar-refractivity contribution is 9.25. The van der Waals surface area contributed by atoms with Crippen LogP contribution in [0.1, 0.15) is 40.0 Å². The molecule has 2 unspecified atom stereocenters. The van der Waals surface area contributed by atoms with Gasteiger partial charge in [0.05, 0.1) is 3.23 Å². The Kier molecular flexibility index (Phi) is 1.83. The lowest BCUT2D eigenvalue weighted by atomic mass is 9.74. The van der Waals surface area contributed by atoms with Crippen LogP contribution in [0.5, 0.6) is 0 Å². The van der Waals surface area contributed by atoms with Crippen molar-refractivity contribution in [2.75, 3.05) is 0 Å². The molecule has 0 N–H and O–H groups in total. The molecule has 0 aromatic rings. The Labute approximate surface area is 91.7 Å². The van der Waals surface area contributed by atoms with E-state index >= 15 is 0 Å². The summed E-state index contributed by atoms with van der Waals surface area (Å²) < 4.78 is 0.265. The van der Waals surface area contributed by atoms with Gasteiger partial charge in [-0.3, -0.25) is 0 Å². The van der Waals surface area contributed by atoms with Gasteiger partial charge in [-0.05, 0) is 36.0 Å². The zero-order valence-corrected chi connectivity index (χ0v) is 11.1. The second-order valence-electron chi connectivity index (χ2n) is 5.46. The molecule has 2 saturated carbocycles. The second-order valence-corrected chi connectivity index (χ2v) is 9.03. The first kappa shape index (κ1) is 9.51. The average Bonchev–Trinajstić information content (AvgIpc) is 2.32. The molecule has 0 radical (unpaired) electrons. The van der Waals surface area contributed by atoms with Crippen molar-refractivity contribution in [3.8, 4) is 0 Å². The van der Waals surface area contributed by atoms with Crippen LogP contribution in [0.3, 0.4) is 0 Å². The summed E-state index contributed by atoms with van der Waals surface area (Å²) in [6, 6.07) is 0. The van der Waals surface area contributed by atoms with Crippen LogP contribution in [0, 0.1) is 16.7 Å². The van der Waals surface area contributed by atoms with E-state index in [0.717, 1.165) is 5.92 Å². The molecule has 0 amide bonds. The number of rotatable bonds is 0. The van der Waals surface area contributed by atoms with Gasteiger partial charge in [0.15, 0.2) is 0 Å². The third-order valence-electron chi connectivity index (χ3n) is 3.96. The summed E-state index contributed by atoms with van der Waals surface area (Å²) in [6.07, 6.45) is 4.10. The summed E-state index contributed by atoms with van der Waals surface area (Å²) >= 11 is 7.61. The Balaban J connectivity index is 2.18. The molecule has 12 heavy (non-hydrogen) atoms. The lowest BCUT2D eigenvalue weighted by Gasteiger charge is -2.31. The fraction of sp³-hybridized carbons (Fsp3) is 1.00. The first-order valence-corrected chi connectivity index (χ1v) is 6.26. The van der Waals surface area contributed by atoms with Crippen LogP contribution < -0.4 is 0 Å². The number of hydrogen-bond donors (Lipinski definition) is 0. The first-order valence-electron chi connectivity index (χ1n) is 4.67. The van der Waals surface area contributed by atoms with Crippen molar-refractivity contribution in [1.82, 2.24) is 0 Å². The standard InChI is InChI=1S/C10H16Br2/c1-8(2)4-5-9(3)7(6-8)10(9,11)12/h7H,4-6H2,1-3H3. The van der Waals surface area contributed by atoms with Crippen molar-refractivity contribution < 1.29 is 0 Å². The molecule has 0 bridgehead atoms. The molecule has 0 saturated heterocycles. The molecule has 2 atom stereocenters. The molecular weight excluding hydrogens is 280 g/mol. The SMILES string of the molecule is CC1(C)CCC2(C)C(C1)C2(Br)Br. The number of hydrogen-bond acceptors (Lipinski definition) is 0. The van der Waals surface area contributed by atoms with E-state index in [9.17, 15) is 0 Å².